The molecule has 1 aromatic heterocycles. The first-order chi connectivity index (χ1) is 12.5. The molecule has 0 radical (unpaired) electrons. The van der Waals surface area contributed by atoms with Crippen LogP contribution in [0.3, 0.4) is 0 Å². The number of pyridine rings is 1. The van der Waals surface area contributed by atoms with E-state index in [1.807, 2.05) is 0 Å². The van der Waals surface area contributed by atoms with Gasteiger partial charge in [-0.1, -0.05) is 0 Å². The van der Waals surface area contributed by atoms with Gasteiger partial charge in [-0.05, 0) is 0 Å². The summed E-state index contributed by atoms with van der Waals surface area (Å²) in [6, 6.07) is 0.792. The van der Waals surface area contributed by atoms with Crippen LogP contribution in [0.25, 0.3) is 0 Å². The molecule has 2 rings (SSSR count). The van der Waals surface area contributed by atoms with Crippen molar-refractivity contribution in [3.8, 4) is 0 Å². The lowest BCUT2D eigenvalue weighted by Crippen LogP contribution is -2.51. The molecule has 1 aromatic rings. The molecule has 1 aliphatic rings. The van der Waals surface area contributed by atoms with Crippen LogP contribution in [-0.2, 0) is 26.1 Å². The molecule has 148 valence electrons. The number of nitro groups is 1. The third-order valence-electron chi connectivity index (χ3n) is 4.05. The van der Waals surface area contributed by atoms with Crippen LogP contribution in [0.1, 0.15) is 10.4 Å². The zero-order valence-electron chi connectivity index (χ0n) is 14.7. The van der Waals surface area contributed by atoms with Crippen LogP contribution < -0.4 is 5.56 Å². The fourth-order valence-corrected chi connectivity index (χ4v) is 3.44. The minimum absolute atomic E-state index is 0.113. The summed E-state index contributed by atoms with van der Waals surface area (Å²) < 4.78 is 29.5. The molecule has 2 heterocycles. The van der Waals surface area contributed by atoms with Crippen molar-refractivity contribution in [3.63, 3.8) is 0 Å². The molecule has 0 atom stereocenters. The molecule has 1 fully saturated rings. The highest BCUT2D eigenvalue weighted by Gasteiger charge is 2.27. The van der Waals surface area contributed by atoms with Crippen molar-refractivity contribution in [1.82, 2.24) is 13.8 Å². The van der Waals surface area contributed by atoms with Crippen molar-refractivity contribution in [1.29, 1.82) is 0 Å². The summed E-state index contributed by atoms with van der Waals surface area (Å²) in [5.41, 5.74) is -2.12. The molecule has 0 spiro atoms. The summed E-state index contributed by atoms with van der Waals surface area (Å²) >= 11 is 0. The molecule has 13 heteroatoms. The van der Waals surface area contributed by atoms with Gasteiger partial charge in [-0.3, -0.25) is 24.3 Å². The Morgan fingerprint density at radius 2 is 1.85 bits per heavy atom. The van der Waals surface area contributed by atoms with Crippen LogP contribution in [0.2, 0.25) is 0 Å². The standard InChI is InChI=1S/C14H18N4O8S/c1-26-14(21)10-7-11(18(22)23)13(20)16(8-10)9-12(19)15-3-5-17(6-4-15)27(2,24)25/h7-8H,3-6,9H2,1-2H3. The van der Waals surface area contributed by atoms with Gasteiger partial charge in [0.25, 0.3) is 0 Å². The Hall–Kier alpha value is -2.80. The number of nitrogens with zero attached hydrogens (tertiary/aromatic N) is 4. The van der Waals surface area contributed by atoms with Crippen molar-refractivity contribution >= 4 is 27.6 Å². The summed E-state index contributed by atoms with van der Waals surface area (Å²) in [6.07, 6.45) is 2.09. The number of piperazine rings is 1. The molecule has 1 amide bonds. The number of methoxy groups -OCH3 is 1. The molecular formula is C14H18N4O8S. The van der Waals surface area contributed by atoms with Gasteiger partial charge in [0, 0.05) is 38.4 Å². The number of carbonyl (C=O) groups excluding carboxylic acids is 2. The summed E-state index contributed by atoms with van der Waals surface area (Å²) in [4.78, 5) is 47.7. The van der Waals surface area contributed by atoms with Gasteiger partial charge in [0.15, 0.2) is 0 Å². The number of carbonyl (C=O) groups is 2. The minimum Gasteiger partial charge on any atom is -0.465 e. The number of ether oxygens (including phenoxy) is 1. The molecule has 1 saturated heterocycles. The van der Waals surface area contributed by atoms with Gasteiger partial charge in [-0.2, -0.15) is 4.31 Å². The number of aromatic nitrogens is 1. The topological polar surface area (TPSA) is 149 Å². The minimum atomic E-state index is -3.36. The number of rotatable bonds is 5. The third-order valence-corrected chi connectivity index (χ3v) is 5.35. The molecule has 27 heavy (non-hydrogen) atoms. The molecule has 0 saturated carbocycles. The van der Waals surface area contributed by atoms with Crippen molar-refractivity contribution in [3.05, 3.63) is 38.3 Å². The Morgan fingerprint density at radius 1 is 1.26 bits per heavy atom. The maximum absolute atomic E-state index is 12.4. The molecule has 0 aliphatic carbocycles. The highest BCUT2D eigenvalue weighted by molar-refractivity contribution is 7.88. The van der Waals surface area contributed by atoms with Crippen LogP contribution >= 0.6 is 0 Å². The lowest BCUT2D eigenvalue weighted by molar-refractivity contribution is -0.386. The molecule has 12 nitrogen and oxygen atoms in total. The van der Waals surface area contributed by atoms with Gasteiger partial charge < -0.3 is 9.64 Å². The monoisotopic (exact) mass is 402 g/mol. The quantitative estimate of drug-likeness (QED) is 0.333. The molecular weight excluding hydrogens is 384 g/mol. The number of esters is 1. The van der Waals surface area contributed by atoms with E-state index in [9.17, 15) is 32.9 Å². The summed E-state index contributed by atoms with van der Waals surface area (Å²) in [6.45, 7) is -0.0497. The van der Waals surface area contributed by atoms with Crippen LogP contribution in [0.4, 0.5) is 5.69 Å². The molecule has 1 aliphatic heterocycles. The van der Waals surface area contributed by atoms with Crippen LogP contribution in [0, 0.1) is 10.1 Å². The fourth-order valence-electron chi connectivity index (χ4n) is 2.61. The van der Waals surface area contributed by atoms with E-state index in [4.69, 9.17) is 0 Å². The Balaban J connectivity index is 2.23. The number of sulfonamides is 1. The van der Waals surface area contributed by atoms with E-state index in [0.717, 1.165) is 30.2 Å². The van der Waals surface area contributed by atoms with Gasteiger partial charge in [0.1, 0.15) is 6.54 Å². The average molecular weight is 402 g/mol. The summed E-state index contributed by atoms with van der Waals surface area (Å²) in [5, 5.41) is 11.0. The maximum Gasteiger partial charge on any atom is 0.339 e. The van der Waals surface area contributed by atoms with Crippen LogP contribution in [-0.4, -0.2) is 78.5 Å². The van der Waals surface area contributed by atoms with Gasteiger partial charge in [-0.15, -0.1) is 0 Å². The zero-order valence-corrected chi connectivity index (χ0v) is 15.5. The van der Waals surface area contributed by atoms with E-state index in [0.29, 0.717) is 0 Å². The maximum atomic E-state index is 12.4. The SMILES string of the molecule is COC(=O)c1cc([N+](=O)[O-])c(=O)n(CC(=O)N2CCN(S(C)(=O)=O)CC2)c1. The van der Waals surface area contributed by atoms with E-state index in [1.165, 1.54) is 9.21 Å². The lowest BCUT2D eigenvalue weighted by Gasteiger charge is -2.33. The second kappa shape index (κ2) is 7.84. The Morgan fingerprint density at radius 3 is 2.33 bits per heavy atom. The van der Waals surface area contributed by atoms with E-state index in [1.54, 1.807) is 0 Å². The molecule has 0 unspecified atom stereocenters. The molecule has 0 aromatic carbocycles. The number of amides is 1. The number of hydrogen-bond acceptors (Lipinski definition) is 8. The van der Waals surface area contributed by atoms with Crippen molar-refractivity contribution in [2.45, 2.75) is 6.54 Å². The predicted octanol–water partition coefficient (Wildman–Crippen LogP) is -1.35. The van der Waals surface area contributed by atoms with Crippen molar-refractivity contribution < 1.29 is 27.7 Å². The normalized spacial score (nSPS) is 15.4. The molecule has 0 N–H and O–H groups in total. The average Bonchev–Trinajstić information content (AvgIpc) is 2.61. The highest BCUT2D eigenvalue weighted by Crippen LogP contribution is 2.11. The molecule has 0 bridgehead atoms. The van der Waals surface area contributed by atoms with E-state index < -0.39 is 44.6 Å². The summed E-state index contributed by atoms with van der Waals surface area (Å²) in [7, 11) is -2.28. The Kier molecular flexibility index (Phi) is 5.95. The van der Waals surface area contributed by atoms with E-state index >= 15 is 0 Å². The third kappa shape index (κ3) is 4.68. The van der Waals surface area contributed by atoms with Gasteiger partial charge in [0.2, 0.25) is 15.9 Å². The van der Waals surface area contributed by atoms with Crippen LogP contribution in [0.15, 0.2) is 17.1 Å². The second-order valence-corrected chi connectivity index (χ2v) is 7.82. The van der Waals surface area contributed by atoms with Gasteiger partial charge in [0.05, 0.1) is 23.9 Å². The summed E-state index contributed by atoms with van der Waals surface area (Å²) in [5.74, 6) is -1.41. The van der Waals surface area contributed by atoms with Crippen LogP contribution in [0.5, 0.6) is 0 Å². The Bertz CT molecular complexity index is 931. The van der Waals surface area contributed by atoms with E-state index in [-0.39, 0.29) is 31.7 Å². The predicted molar refractivity (Wildman–Crippen MR) is 91.7 cm³/mol. The van der Waals surface area contributed by atoms with E-state index in [2.05, 4.69) is 4.74 Å². The first-order valence-electron chi connectivity index (χ1n) is 7.74. The number of hydrogen-bond donors (Lipinski definition) is 0. The zero-order chi connectivity index (χ0) is 20.4. The fraction of sp³-hybridized carbons (Fsp3) is 0.500. The first kappa shape index (κ1) is 20.5. The van der Waals surface area contributed by atoms with Crippen molar-refractivity contribution in [2.24, 2.45) is 0 Å². The smallest absolute Gasteiger partial charge is 0.339 e. The van der Waals surface area contributed by atoms with Crippen molar-refractivity contribution in [2.75, 3.05) is 39.5 Å². The highest BCUT2D eigenvalue weighted by atomic mass is 32.2. The Labute approximate surface area is 154 Å². The second-order valence-electron chi connectivity index (χ2n) is 5.84. The largest absolute Gasteiger partial charge is 0.465 e. The lowest BCUT2D eigenvalue weighted by atomic mass is 10.2. The first-order valence-corrected chi connectivity index (χ1v) is 9.59. The van der Waals surface area contributed by atoms with Gasteiger partial charge in [-0.25, -0.2) is 13.2 Å². The van der Waals surface area contributed by atoms with Gasteiger partial charge >= 0.3 is 17.2 Å².